The topological polar surface area (TPSA) is 70.5 Å². The summed E-state index contributed by atoms with van der Waals surface area (Å²) in [6.45, 7) is 7.60. The zero-order valence-corrected chi connectivity index (χ0v) is 18.4. The van der Waals surface area contributed by atoms with Crippen LogP contribution in [0.4, 0.5) is 0 Å². The molecule has 0 unspecified atom stereocenters. The van der Waals surface area contributed by atoms with Crippen molar-refractivity contribution < 1.29 is 9.59 Å². The number of nitrogens with one attached hydrogen (secondary N) is 1. The van der Waals surface area contributed by atoms with E-state index < -0.39 is 0 Å². The third-order valence-electron chi connectivity index (χ3n) is 5.51. The Morgan fingerprint density at radius 2 is 1.87 bits per heavy atom. The van der Waals surface area contributed by atoms with E-state index in [2.05, 4.69) is 15.3 Å². The fourth-order valence-corrected chi connectivity index (χ4v) is 4.91. The van der Waals surface area contributed by atoms with E-state index in [0.29, 0.717) is 4.88 Å². The van der Waals surface area contributed by atoms with Crippen LogP contribution in [0.15, 0.2) is 36.4 Å². The monoisotopic (exact) mass is 425 g/mol. The summed E-state index contributed by atoms with van der Waals surface area (Å²) in [6.07, 6.45) is 0. The molecule has 1 N–H and O–H groups in total. The minimum Gasteiger partial charge on any atom is -0.348 e. The Hall–Kier alpha value is -2.71. The van der Waals surface area contributed by atoms with Gasteiger partial charge in [0.15, 0.2) is 0 Å². The maximum absolute atomic E-state index is 12.9. The molecule has 1 aromatic carbocycles. The second-order valence-corrected chi connectivity index (χ2v) is 8.88. The second-order valence-electron chi connectivity index (χ2n) is 7.85. The Kier molecular flexibility index (Phi) is 5.87. The van der Waals surface area contributed by atoms with E-state index in [1.807, 2.05) is 60.0 Å². The number of amides is 2. The van der Waals surface area contributed by atoms with Crippen LogP contribution in [0, 0.1) is 0 Å². The standard InChI is InChI=1S/C22H27N5O2S/c1-15(14-26-9-11-27(12-10-26)16(2)28)23-21(29)19-13-18-20(17-7-5-4-6-8-17)24-25(3)22(18)30-19/h4-8,13,15H,9-12,14H2,1-3H3,(H,23,29)/t15-/m0/s1. The number of aromatic nitrogens is 2. The number of fused-ring (bicyclic) bond motifs is 1. The average molecular weight is 426 g/mol. The van der Waals surface area contributed by atoms with E-state index in [4.69, 9.17) is 0 Å². The molecule has 0 spiro atoms. The number of carbonyl (C=O) groups is 2. The summed E-state index contributed by atoms with van der Waals surface area (Å²) in [4.78, 5) is 30.2. The van der Waals surface area contributed by atoms with E-state index in [-0.39, 0.29) is 17.9 Å². The van der Waals surface area contributed by atoms with Crippen molar-refractivity contribution in [2.24, 2.45) is 7.05 Å². The molecular weight excluding hydrogens is 398 g/mol. The molecule has 7 nitrogen and oxygen atoms in total. The molecule has 2 amide bonds. The molecule has 3 aromatic rings. The molecule has 0 bridgehead atoms. The van der Waals surface area contributed by atoms with Gasteiger partial charge in [-0.3, -0.25) is 19.2 Å². The number of hydrogen-bond donors (Lipinski definition) is 1. The number of nitrogens with zero attached hydrogens (tertiary/aromatic N) is 4. The minimum atomic E-state index is -0.0508. The molecule has 1 fully saturated rings. The molecule has 1 aliphatic rings. The van der Waals surface area contributed by atoms with Crippen LogP contribution in [0.3, 0.4) is 0 Å². The van der Waals surface area contributed by atoms with E-state index >= 15 is 0 Å². The smallest absolute Gasteiger partial charge is 0.261 e. The summed E-state index contributed by atoms with van der Waals surface area (Å²) >= 11 is 1.47. The lowest BCUT2D eigenvalue weighted by molar-refractivity contribution is -0.130. The Morgan fingerprint density at radius 1 is 1.17 bits per heavy atom. The van der Waals surface area contributed by atoms with E-state index in [1.54, 1.807) is 6.92 Å². The van der Waals surface area contributed by atoms with Crippen molar-refractivity contribution in [2.75, 3.05) is 32.7 Å². The number of rotatable bonds is 5. The van der Waals surface area contributed by atoms with Gasteiger partial charge in [-0.05, 0) is 13.0 Å². The van der Waals surface area contributed by atoms with Crippen LogP contribution in [0.25, 0.3) is 21.5 Å². The van der Waals surface area contributed by atoms with Crippen LogP contribution in [0.2, 0.25) is 0 Å². The van der Waals surface area contributed by atoms with Gasteiger partial charge in [0.25, 0.3) is 5.91 Å². The number of carbonyl (C=O) groups excluding carboxylic acids is 2. The quantitative estimate of drug-likeness (QED) is 0.682. The number of hydrogen-bond acceptors (Lipinski definition) is 5. The lowest BCUT2D eigenvalue weighted by Gasteiger charge is -2.35. The molecule has 4 rings (SSSR count). The first kappa shape index (κ1) is 20.6. The first-order valence-corrected chi connectivity index (χ1v) is 11.0. The number of thiophene rings is 1. The van der Waals surface area contributed by atoms with Gasteiger partial charge in [0.2, 0.25) is 5.91 Å². The SMILES string of the molecule is CC(=O)N1CCN(C[C@H](C)NC(=O)c2cc3c(-c4ccccc4)nn(C)c3s2)CC1. The molecule has 1 aliphatic heterocycles. The predicted molar refractivity (Wildman–Crippen MR) is 120 cm³/mol. The Morgan fingerprint density at radius 3 is 2.53 bits per heavy atom. The zero-order valence-electron chi connectivity index (χ0n) is 17.6. The summed E-state index contributed by atoms with van der Waals surface area (Å²) in [5.74, 6) is 0.0789. The molecule has 8 heteroatoms. The predicted octanol–water partition coefficient (Wildman–Crippen LogP) is 2.58. The highest BCUT2D eigenvalue weighted by Crippen LogP contribution is 2.33. The van der Waals surface area contributed by atoms with Crippen molar-refractivity contribution in [3.8, 4) is 11.3 Å². The molecule has 0 radical (unpaired) electrons. The molecule has 158 valence electrons. The number of piperazine rings is 1. The molecule has 1 saturated heterocycles. The summed E-state index contributed by atoms with van der Waals surface area (Å²) in [6, 6.07) is 12.0. The highest BCUT2D eigenvalue weighted by Gasteiger charge is 2.22. The fraction of sp³-hybridized carbons (Fsp3) is 0.409. The van der Waals surface area contributed by atoms with Gasteiger partial charge in [-0.25, -0.2) is 0 Å². The number of aryl methyl sites for hydroxylation is 1. The molecular formula is C22H27N5O2S. The van der Waals surface area contributed by atoms with Crippen molar-refractivity contribution in [3.63, 3.8) is 0 Å². The van der Waals surface area contributed by atoms with Gasteiger partial charge in [-0.15, -0.1) is 11.3 Å². The Bertz CT molecular complexity index is 1050. The van der Waals surface area contributed by atoms with E-state index in [9.17, 15) is 9.59 Å². The number of benzene rings is 1. The Balaban J connectivity index is 1.42. The van der Waals surface area contributed by atoms with Crippen molar-refractivity contribution >= 4 is 33.4 Å². The summed E-state index contributed by atoms with van der Waals surface area (Å²) in [5.41, 5.74) is 1.95. The molecule has 0 aliphatic carbocycles. The fourth-order valence-electron chi connectivity index (χ4n) is 3.94. The van der Waals surface area contributed by atoms with Crippen LogP contribution in [-0.4, -0.2) is 70.2 Å². The van der Waals surface area contributed by atoms with Crippen molar-refractivity contribution in [3.05, 3.63) is 41.3 Å². The molecule has 3 heterocycles. The van der Waals surface area contributed by atoms with Gasteiger partial charge in [0.1, 0.15) is 10.5 Å². The summed E-state index contributed by atoms with van der Waals surface area (Å²) in [5, 5.41) is 8.77. The van der Waals surface area contributed by atoms with Crippen molar-refractivity contribution in [1.29, 1.82) is 0 Å². The lowest BCUT2D eigenvalue weighted by atomic mass is 10.1. The highest BCUT2D eigenvalue weighted by molar-refractivity contribution is 7.20. The van der Waals surface area contributed by atoms with Gasteiger partial charge < -0.3 is 10.2 Å². The largest absolute Gasteiger partial charge is 0.348 e. The molecule has 30 heavy (non-hydrogen) atoms. The van der Waals surface area contributed by atoms with Crippen molar-refractivity contribution in [1.82, 2.24) is 24.9 Å². The second kappa shape index (κ2) is 8.57. The average Bonchev–Trinajstić information content (AvgIpc) is 3.30. The summed E-state index contributed by atoms with van der Waals surface area (Å²) < 4.78 is 1.84. The van der Waals surface area contributed by atoms with Crippen LogP contribution in [0.1, 0.15) is 23.5 Å². The van der Waals surface area contributed by atoms with E-state index in [0.717, 1.165) is 54.2 Å². The van der Waals surface area contributed by atoms with Crippen LogP contribution in [0.5, 0.6) is 0 Å². The van der Waals surface area contributed by atoms with E-state index in [1.165, 1.54) is 11.3 Å². The van der Waals surface area contributed by atoms with Gasteiger partial charge in [-0.2, -0.15) is 5.10 Å². The van der Waals surface area contributed by atoms with Gasteiger partial charge in [0, 0.05) is 63.7 Å². The maximum atomic E-state index is 12.9. The molecule has 1 atom stereocenters. The third-order valence-corrected chi connectivity index (χ3v) is 6.71. The third kappa shape index (κ3) is 4.24. The highest BCUT2D eigenvalue weighted by atomic mass is 32.1. The lowest BCUT2D eigenvalue weighted by Crippen LogP contribution is -2.51. The minimum absolute atomic E-state index is 0.0262. The first-order valence-electron chi connectivity index (χ1n) is 10.2. The zero-order chi connectivity index (χ0) is 21.3. The normalized spacial score (nSPS) is 16.0. The van der Waals surface area contributed by atoms with Gasteiger partial charge >= 0.3 is 0 Å². The first-order chi connectivity index (χ1) is 14.4. The van der Waals surface area contributed by atoms with Crippen LogP contribution < -0.4 is 5.32 Å². The van der Waals surface area contributed by atoms with Crippen LogP contribution >= 0.6 is 11.3 Å². The molecule has 0 saturated carbocycles. The van der Waals surface area contributed by atoms with Gasteiger partial charge in [0.05, 0.1) is 4.88 Å². The summed E-state index contributed by atoms with van der Waals surface area (Å²) in [7, 11) is 1.91. The van der Waals surface area contributed by atoms with Crippen molar-refractivity contribution in [2.45, 2.75) is 19.9 Å². The molecule has 2 aromatic heterocycles. The Labute approximate surface area is 180 Å². The van der Waals surface area contributed by atoms with Crippen LogP contribution in [-0.2, 0) is 11.8 Å². The maximum Gasteiger partial charge on any atom is 0.261 e. The van der Waals surface area contributed by atoms with Gasteiger partial charge in [-0.1, -0.05) is 30.3 Å².